The first-order valence-corrected chi connectivity index (χ1v) is 4.11. The Labute approximate surface area is 124 Å². The molecule has 0 saturated carbocycles. The van der Waals surface area contributed by atoms with Gasteiger partial charge in [0.05, 0.1) is 0 Å². The molecule has 0 amide bonds. The third-order valence-electron chi connectivity index (χ3n) is 0. The van der Waals surface area contributed by atoms with Crippen molar-refractivity contribution in [1.82, 2.24) is 0 Å². The fourth-order valence-corrected chi connectivity index (χ4v) is 0. The van der Waals surface area contributed by atoms with Gasteiger partial charge in [0.25, 0.3) is 0 Å². The van der Waals surface area contributed by atoms with Crippen LogP contribution in [0.2, 0.25) is 0 Å². The van der Waals surface area contributed by atoms with Crippen molar-refractivity contribution >= 4 is 70.8 Å². The molecule has 0 aromatic carbocycles. The van der Waals surface area contributed by atoms with Crippen molar-refractivity contribution in [2.24, 2.45) is 0 Å². The normalized spacial score (nSPS) is 0.571. The largest absolute Gasteiger partial charge is 0 e. The van der Waals surface area contributed by atoms with E-state index in [0.29, 0.717) is 0 Å². The first-order chi connectivity index (χ1) is 1.00. The summed E-state index contributed by atoms with van der Waals surface area (Å²) in [5.41, 5.74) is 0. The molecule has 39 valence electrons. The van der Waals surface area contributed by atoms with E-state index in [0.717, 1.165) is 20.6 Å². The van der Waals surface area contributed by atoms with Gasteiger partial charge in [-0.3, -0.25) is 0 Å². The Morgan fingerprint density at radius 1 is 1.00 bits per heavy atom. The van der Waals surface area contributed by atoms with Gasteiger partial charge in [-0.1, -0.05) is 0 Å². The molecule has 0 heterocycles. The molecule has 0 spiro atoms. The van der Waals surface area contributed by atoms with E-state index in [1.165, 1.54) is 0 Å². The first kappa shape index (κ1) is 43.5. The van der Waals surface area contributed by atoms with E-state index >= 15 is 0 Å². The van der Waals surface area contributed by atoms with Gasteiger partial charge in [-0.05, 0) is 0 Å². The Kier molecular flexibility index (Phi) is 309. The SMILES string of the molecule is [Cu].[S]=[Sn].[SeH2].[SnH2].[Zn].[Zn]. The molecule has 0 nitrogen and oxygen atoms in total. The Hall–Kier alpha value is 4.10. The maximum absolute atomic E-state index is 4.17. The molecule has 0 atom stereocenters. The Balaban J connectivity index is -0.000000000500. The molecule has 7 heteroatoms. The number of hydrogen-bond donors (Lipinski definition) is 0. The quantitative estimate of drug-likeness (QED) is 0.331. The first-order valence-electron chi connectivity index (χ1n) is 0.204. The van der Waals surface area contributed by atoms with Crippen molar-refractivity contribution < 1.29 is 56.0 Å². The Morgan fingerprint density at radius 3 is 1.00 bits per heavy atom. The minimum absolute atomic E-state index is 0. The van der Waals surface area contributed by atoms with Crippen molar-refractivity contribution in [3.05, 3.63) is 0 Å². The molecule has 0 aromatic heterocycles. The molecule has 5 radical (unpaired) electrons. The van der Waals surface area contributed by atoms with Gasteiger partial charge in [-0.15, -0.1) is 0 Å². The zero-order valence-electron chi connectivity index (χ0n) is 3.83. The molecule has 0 N–H and O–H groups in total. The number of hydrogen-bond acceptors (Lipinski definition) is 1. The standard InChI is InChI=1S/Cu.S.H2Se.2Sn.2Zn.2H/h;;1H2;;;;;;. The van der Waals surface area contributed by atoms with Gasteiger partial charge >= 0.3 is 70.8 Å². The predicted molar refractivity (Wildman–Crippen MR) is 30.4 cm³/mol. The summed E-state index contributed by atoms with van der Waals surface area (Å²) in [6.07, 6.45) is 0. The van der Waals surface area contributed by atoms with Gasteiger partial charge in [0.1, 0.15) is 0 Å². The average molecular weight is 547 g/mol. The maximum atomic E-state index is 4.17. The van der Waals surface area contributed by atoms with Crippen molar-refractivity contribution in [3.63, 3.8) is 0 Å². The minimum atomic E-state index is 0. The van der Waals surface area contributed by atoms with Crippen molar-refractivity contribution in [2.75, 3.05) is 0 Å². The van der Waals surface area contributed by atoms with E-state index in [4.69, 9.17) is 0 Å². The Bertz CT molecular complexity index is 15.7. The van der Waals surface area contributed by atoms with Crippen LogP contribution in [-0.2, 0) is 56.0 Å². The zero-order valence-corrected chi connectivity index (χ0v) is 20.5. The van der Waals surface area contributed by atoms with Gasteiger partial charge in [-0.2, -0.15) is 0 Å². The van der Waals surface area contributed by atoms with E-state index in [2.05, 4.69) is 9.29 Å². The van der Waals surface area contributed by atoms with Crippen LogP contribution in [0.5, 0.6) is 0 Å². The van der Waals surface area contributed by atoms with Gasteiger partial charge in [0, 0.05) is 56.0 Å². The Morgan fingerprint density at radius 2 is 1.00 bits per heavy atom. The van der Waals surface area contributed by atoms with Crippen LogP contribution in [0.25, 0.3) is 0 Å². The van der Waals surface area contributed by atoms with Crippen molar-refractivity contribution in [2.45, 2.75) is 0 Å². The van der Waals surface area contributed by atoms with E-state index in [9.17, 15) is 0 Å². The van der Waals surface area contributed by atoms with E-state index in [1.54, 1.807) is 0 Å². The van der Waals surface area contributed by atoms with Crippen LogP contribution in [0, 0.1) is 0 Å². The molecule has 0 aliphatic heterocycles. The summed E-state index contributed by atoms with van der Waals surface area (Å²) in [7, 11) is 4.17. The van der Waals surface area contributed by atoms with E-state index in [1.807, 2.05) is 0 Å². The summed E-state index contributed by atoms with van der Waals surface area (Å²) in [6, 6.07) is 0. The van der Waals surface area contributed by atoms with Crippen LogP contribution in [0.3, 0.4) is 0 Å². The fourth-order valence-electron chi connectivity index (χ4n) is 0. The molecule has 0 rings (SSSR count). The molecule has 0 aromatic rings. The van der Waals surface area contributed by atoms with Crippen LogP contribution in [-0.4, -0.2) is 61.6 Å². The molecular formula is H4CuSSeSn2Zn2. The topological polar surface area (TPSA) is 0 Å². The molecule has 0 saturated heterocycles. The second kappa shape index (κ2) is 49.7. The molecule has 7 heavy (non-hydrogen) atoms. The van der Waals surface area contributed by atoms with Gasteiger partial charge in [0.2, 0.25) is 0 Å². The molecular weight excluding hydrogens is 543 g/mol. The maximum Gasteiger partial charge on any atom is 0 e. The minimum Gasteiger partial charge on any atom is 0 e. The summed E-state index contributed by atoms with van der Waals surface area (Å²) in [5.74, 6) is 0. The molecule has 0 aliphatic rings. The monoisotopic (exact) mass is 547 g/mol. The predicted octanol–water partition coefficient (Wildman–Crippen LogP) is -1.57. The fraction of sp³-hybridized carbons (Fsp3) is 0. The summed E-state index contributed by atoms with van der Waals surface area (Å²) in [5, 5.41) is 0. The third kappa shape index (κ3) is 39.4. The van der Waals surface area contributed by atoms with Crippen molar-refractivity contribution in [1.29, 1.82) is 0 Å². The smallest absolute Gasteiger partial charge is 0 e. The van der Waals surface area contributed by atoms with Crippen LogP contribution in [0.1, 0.15) is 0 Å². The van der Waals surface area contributed by atoms with Crippen LogP contribution in [0.15, 0.2) is 0 Å². The second-order valence-corrected chi connectivity index (χ2v) is 0. The third-order valence-corrected chi connectivity index (χ3v) is 0. The van der Waals surface area contributed by atoms with Crippen LogP contribution < -0.4 is 0 Å². The summed E-state index contributed by atoms with van der Waals surface area (Å²) < 4.78 is 0. The van der Waals surface area contributed by atoms with Gasteiger partial charge in [-0.25, -0.2) is 0 Å². The van der Waals surface area contributed by atoms with Gasteiger partial charge in [0.15, 0.2) is 0 Å². The molecule has 0 fully saturated rings. The molecule has 0 bridgehead atoms. The summed E-state index contributed by atoms with van der Waals surface area (Å²) in [4.78, 5) is 0. The molecule has 0 aliphatic carbocycles. The zero-order chi connectivity index (χ0) is 2.00. The summed E-state index contributed by atoms with van der Waals surface area (Å²) >= 11 is 1.13. The molecule has 0 unspecified atom stereocenters. The van der Waals surface area contributed by atoms with Crippen LogP contribution >= 0.6 is 9.29 Å². The van der Waals surface area contributed by atoms with E-state index < -0.39 is 0 Å². The van der Waals surface area contributed by atoms with Crippen molar-refractivity contribution in [3.8, 4) is 0 Å². The van der Waals surface area contributed by atoms with E-state index in [-0.39, 0.29) is 97.0 Å². The summed E-state index contributed by atoms with van der Waals surface area (Å²) in [6.45, 7) is 0. The second-order valence-electron chi connectivity index (χ2n) is 0. The average Bonchev–Trinajstić information content (AvgIpc) is 1.00. The van der Waals surface area contributed by atoms with Crippen LogP contribution in [0.4, 0.5) is 0 Å². The van der Waals surface area contributed by atoms with Gasteiger partial charge < -0.3 is 0 Å². The number of rotatable bonds is 0.